The topological polar surface area (TPSA) is 62.0 Å². The van der Waals surface area contributed by atoms with Gasteiger partial charge in [-0.1, -0.05) is 30.1 Å². The molecule has 1 heterocycles. The van der Waals surface area contributed by atoms with Crippen LogP contribution in [0.5, 0.6) is 0 Å². The van der Waals surface area contributed by atoms with Crippen LogP contribution in [0.4, 0.5) is 0 Å². The molecule has 0 spiro atoms. The van der Waals surface area contributed by atoms with Gasteiger partial charge in [0.2, 0.25) is 0 Å². The third-order valence-corrected chi connectivity index (χ3v) is 3.30. The van der Waals surface area contributed by atoms with Gasteiger partial charge in [-0.2, -0.15) is 0 Å². The molecule has 0 saturated carbocycles. The van der Waals surface area contributed by atoms with Crippen LogP contribution in [0.2, 0.25) is 10.0 Å². The van der Waals surface area contributed by atoms with Crippen LogP contribution >= 0.6 is 23.2 Å². The zero-order valence-corrected chi connectivity index (χ0v) is 12.9. The van der Waals surface area contributed by atoms with Crippen molar-refractivity contribution in [3.05, 3.63) is 56.3 Å². The van der Waals surface area contributed by atoms with E-state index in [0.717, 1.165) is 6.42 Å². The van der Waals surface area contributed by atoms with Crippen molar-refractivity contribution in [1.29, 1.82) is 0 Å². The van der Waals surface area contributed by atoms with Crippen LogP contribution in [0.15, 0.2) is 35.1 Å². The molecule has 0 aliphatic rings. The monoisotopic (exact) mass is 324 g/mol. The largest absolute Gasteiger partial charge is 0.352 e. The molecule has 1 aromatic heterocycles. The summed E-state index contributed by atoms with van der Waals surface area (Å²) in [6.07, 6.45) is 0.808. The van der Waals surface area contributed by atoms with Crippen molar-refractivity contribution in [2.24, 2.45) is 0 Å². The van der Waals surface area contributed by atoms with Crippen LogP contribution in [0.25, 0.3) is 11.3 Å². The number of carbonyl (C=O) groups excluding carboxylic acids is 1. The molecule has 0 fully saturated rings. The number of hydrogen-bond donors (Lipinski definition) is 2. The van der Waals surface area contributed by atoms with E-state index < -0.39 is 5.56 Å². The molecule has 2 aromatic rings. The van der Waals surface area contributed by atoms with Crippen LogP contribution in [-0.4, -0.2) is 17.4 Å². The Kier molecular flexibility index (Phi) is 5.04. The minimum Gasteiger partial charge on any atom is -0.352 e. The lowest BCUT2D eigenvalue weighted by molar-refractivity contribution is 0.0952. The van der Waals surface area contributed by atoms with Crippen molar-refractivity contribution in [1.82, 2.24) is 10.3 Å². The van der Waals surface area contributed by atoms with Gasteiger partial charge < -0.3 is 10.3 Å². The third kappa shape index (κ3) is 3.86. The second kappa shape index (κ2) is 6.78. The molecule has 4 nitrogen and oxygen atoms in total. The molecule has 1 aromatic carbocycles. The summed E-state index contributed by atoms with van der Waals surface area (Å²) in [6, 6.07) is 8.14. The summed E-state index contributed by atoms with van der Waals surface area (Å²) < 4.78 is 0. The Morgan fingerprint density at radius 2 is 1.86 bits per heavy atom. The number of halogens is 2. The minimum absolute atomic E-state index is 0.0836. The molecule has 2 rings (SSSR count). The molecule has 0 radical (unpaired) electrons. The third-order valence-electron chi connectivity index (χ3n) is 2.86. The van der Waals surface area contributed by atoms with Crippen molar-refractivity contribution < 1.29 is 4.79 Å². The van der Waals surface area contributed by atoms with E-state index in [9.17, 15) is 9.59 Å². The van der Waals surface area contributed by atoms with Crippen molar-refractivity contribution in [3.63, 3.8) is 0 Å². The first-order chi connectivity index (χ1) is 10.0. The standard InChI is InChI=1S/C15H14Cl2N2O2/c1-2-5-18-14(20)12-3-4-13(19-15(12)21)9-6-10(16)8-11(17)7-9/h3-4,6-8H,2,5H2,1H3,(H,18,20)(H,19,21). The van der Waals surface area contributed by atoms with Crippen molar-refractivity contribution in [2.75, 3.05) is 6.54 Å². The van der Waals surface area contributed by atoms with Gasteiger partial charge >= 0.3 is 0 Å². The molecule has 6 heteroatoms. The zero-order valence-electron chi connectivity index (χ0n) is 11.4. The lowest BCUT2D eigenvalue weighted by Crippen LogP contribution is -2.30. The maximum Gasteiger partial charge on any atom is 0.261 e. The van der Waals surface area contributed by atoms with E-state index in [4.69, 9.17) is 23.2 Å². The van der Waals surface area contributed by atoms with Crippen LogP contribution in [-0.2, 0) is 0 Å². The Hall–Kier alpha value is -1.78. The first-order valence-electron chi connectivity index (χ1n) is 6.49. The second-order valence-electron chi connectivity index (χ2n) is 4.53. The van der Waals surface area contributed by atoms with Gasteiger partial charge in [-0.05, 0) is 36.8 Å². The number of pyridine rings is 1. The average Bonchev–Trinajstić information content (AvgIpc) is 2.43. The Labute approximate surface area is 132 Å². The molecule has 1 amide bonds. The molecule has 0 aliphatic heterocycles. The number of aromatic nitrogens is 1. The van der Waals surface area contributed by atoms with E-state index in [0.29, 0.717) is 27.8 Å². The van der Waals surface area contributed by atoms with E-state index in [1.165, 1.54) is 6.07 Å². The van der Waals surface area contributed by atoms with E-state index in [2.05, 4.69) is 10.3 Å². The fourth-order valence-corrected chi connectivity index (χ4v) is 2.39. The van der Waals surface area contributed by atoms with E-state index >= 15 is 0 Å². The maximum absolute atomic E-state index is 12.0. The van der Waals surface area contributed by atoms with Crippen LogP contribution < -0.4 is 10.9 Å². The molecule has 110 valence electrons. The van der Waals surface area contributed by atoms with Crippen molar-refractivity contribution in [2.45, 2.75) is 13.3 Å². The van der Waals surface area contributed by atoms with E-state index in [-0.39, 0.29) is 11.5 Å². The van der Waals surface area contributed by atoms with Gasteiger partial charge in [0, 0.05) is 27.8 Å². The fourth-order valence-electron chi connectivity index (χ4n) is 1.86. The average molecular weight is 325 g/mol. The minimum atomic E-state index is -0.447. The van der Waals surface area contributed by atoms with Crippen LogP contribution in [0.3, 0.4) is 0 Å². The zero-order chi connectivity index (χ0) is 15.4. The summed E-state index contributed by atoms with van der Waals surface area (Å²) in [6.45, 7) is 2.47. The highest BCUT2D eigenvalue weighted by atomic mass is 35.5. The molecular formula is C15H14Cl2N2O2. The predicted molar refractivity (Wildman–Crippen MR) is 85.1 cm³/mol. The predicted octanol–water partition coefficient (Wildman–Crippen LogP) is 3.49. The molecule has 0 bridgehead atoms. The van der Waals surface area contributed by atoms with Gasteiger partial charge in [0.15, 0.2) is 0 Å². The number of benzene rings is 1. The highest BCUT2D eigenvalue weighted by Gasteiger charge is 2.11. The molecule has 0 aliphatic carbocycles. The van der Waals surface area contributed by atoms with E-state index in [1.54, 1.807) is 24.3 Å². The van der Waals surface area contributed by atoms with Gasteiger partial charge in [0.25, 0.3) is 11.5 Å². The second-order valence-corrected chi connectivity index (χ2v) is 5.40. The number of carbonyl (C=O) groups is 1. The first kappa shape index (κ1) is 15.6. The summed E-state index contributed by atoms with van der Waals surface area (Å²) in [4.78, 5) is 26.5. The molecule has 0 unspecified atom stereocenters. The summed E-state index contributed by atoms with van der Waals surface area (Å²) in [5.41, 5.74) is 0.874. The lowest BCUT2D eigenvalue weighted by atomic mass is 10.1. The van der Waals surface area contributed by atoms with Gasteiger partial charge in [0.1, 0.15) is 5.56 Å². The molecule has 0 saturated heterocycles. The molecule has 21 heavy (non-hydrogen) atoms. The summed E-state index contributed by atoms with van der Waals surface area (Å²) in [5.74, 6) is -0.381. The number of rotatable bonds is 4. The van der Waals surface area contributed by atoms with Crippen LogP contribution in [0.1, 0.15) is 23.7 Å². The van der Waals surface area contributed by atoms with E-state index in [1.807, 2.05) is 6.92 Å². The molecule has 0 atom stereocenters. The number of nitrogens with one attached hydrogen (secondary N) is 2. The van der Waals surface area contributed by atoms with Gasteiger partial charge in [-0.25, -0.2) is 0 Å². The van der Waals surface area contributed by atoms with Crippen molar-refractivity contribution >= 4 is 29.1 Å². The van der Waals surface area contributed by atoms with Gasteiger partial charge in [-0.15, -0.1) is 0 Å². The normalized spacial score (nSPS) is 10.4. The lowest BCUT2D eigenvalue weighted by Gasteiger charge is -2.06. The number of H-pyrrole nitrogens is 1. The Morgan fingerprint density at radius 1 is 1.19 bits per heavy atom. The SMILES string of the molecule is CCCNC(=O)c1ccc(-c2cc(Cl)cc(Cl)c2)[nH]c1=O. The summed E-state index contributed by atoms with van der Waals surface area (Å²) in [7, 11) is 0. The number of hydrogen-bond acceptors (Lipinski definition) is 2. The van der Waals surface area contributed by atoms with Gasteiger partial charge in [0.05, 0.1) is 0 Å². The molecule has 2 N–H and O–H groups in total. The Balaban J connectivity index is 2.35. The maximum atomic E-state index is 12.0. The van der Waals surface area contributed by atoms with Crippen molar-refractivity contribution in [3.8, 4) is 11.3 Å². The van der Waals surface area contributed by atoms with Crippen LogP contribution in [0, 0.1) is 0 Å². The fraction of sp³-hybridized carbons (Fsp3) is 0.200. The highest BCUT2D eigenvalue weighted by Crippen LogP contribution is 2.25. The molecular weight excluding hydrogens is 311 g/mol. The van der Waals surface area contributed by atoms with Gasteiger partial charge in [-0.3, -0.25) is 9.59 Å². The summed E-state index contributed by atoms with van der Waals surface area (Å²) >= 11 is 11.9. The first-order valence-corrected chi connectivity index (χ1v) is 7.25. The number of amides is 1. The Morgan fingerprint density at radius 3 is 2.43 bits per heavy atom. The Bertz CT molecular complexity index is 706. The quantitative estimate of drug-likeness (QED) is 0.904. The highest BCUT2D eigenvalue weighted by molar-refractivity contribution is 6.35. The summed E-state index contributed by atoms with van der Waals surface area (Å²) in [5, 5.41) is 3.62. The number of aromatic amines is 1. The smallest absolute Gasteiger partial charge is 0.261 e.